The number of likely N-dealkylation sites (tertiary alicyclic amines) is 1. The average Bonchev–Trinajstić information content (AvgIpc) is 3.39. The second kappa shape index (κ2) is 11.5. The van der Waals surface area contributed by atoms with Gasteiger partial charge in [0.05, 0.1) is 42.1 Å². The first kappa shape index (κ1) is 28.4. The summed E-state index contributed by atoms with van der Waals surface area (Å²) >= 11 is 0. The maximum absolute atomic E-state index is 12.3. The third kappa shape index (κ3) is 5.56. The minimum absolute atomic E-state index is 0.409. The summed E-state index contributed by atoms with van der Waals surface area (Å²) in [6.07, 6.45) is 6.50. The number of methoxy groups -OCH3 is 1. The van der Waals surface area contributed by atoms with E-state index in [4.69, 9.17) is 9.84 Å². The molecular formula is C31H39N7O3S. The van der Waals surface area contributed by atoms with E-state index < -0.39 is 10.0 Å². The van der Waals surface area contributed by atoms with Gasteiger partial charge in [-0.15, -0.1) is 5.10 Å². The number of hydrogen-bond acceptors (Lipinski definition) is 8. The summed E-state index contributed by atoms with van der Waals surface area (Å²) < 4.78 is 33.5. The van der Waals surface area contributed by atoms with Crippen molar-refractivity contribution in [2.24, 2.45) is 0 Å². The maximum atomic E-state index is 12.3. The van der Waals surface area contributed by atoms with Gasteiger partial charge in [-0.3, -0.25) is 9.21 Å². The number of hydrogen-bond donors (Lipinski definition) is 2. The van der Waals surface area contributed by atoms with Gasteiger partial charge in [0.1, 0.15) is 5.75 Å². The Hall–Kier alpha value is -3.67. The monoisotopic (exact) mass is 589 g/mol. The molecule has 2 aliphatic rings. The first-order valence-electron chi connectivity index (χ1n) is 14.5. The molecule has 42 heavy (non-hydrogen) atoms. The Labute approximate surface area is 247 Å². The number of ether oxygens (including phenoxy) is 1. The Bertz CT molecular complexity index is 1680. The Morgan fingerprint density at radius 2 is 1.86 bits per heavy atom. The van der Waals surface area contributed by atoms with Gasteiger partial charge in [-0.25, -0.2) is 17.9 Å². The van der Waals surface area contributed by atoms with Crippen molar-refractivity contribution >= 4 is 32.9 Å². The molecule has 2 N–H and O–H groups in total. The van der Waals surface area contributed by atoms with Crippen molar-refractivity contribution in [3.8, 4) is 17.0 Å². The van der Waals surface area contributed by atoms with E-state index in [-0.39, 0.29) is 0 Å². The van der Waals surface area contributed by atoms with Crippen LogP contribution >= 0.6 is 0 Å². The normalized spacial score (nSPS) is 18.9. The van der Waals surface area contributed by atoms with E-state index >= 15 is 0 Å². The minimum Gasteiger partial charge on any atom is -0.495 e. The van der Waals surface area contributed by atoms with Crippen LogP contribution in [0.4, 0.5) is 17.3 Å². The van der Waals surface area contributed by atoms with Crippen molar-refractivity contribution in [2.45, 2.75) is 44.2 Å². The number of benzene rings is 2. The number of nitrogens with one attached hydrogen (secondary N) is 2. The highest BCUT2D eigenvalue weighted by molar-refractivity contribution is 7.92. The van der Waals surface area contributed by atoms with Crippen molar-refractivity contribution in [1.82, 2.24) is 24.8 Å². The number of anilines is 3. The number of rotatable bonds is 9. The standard InChI is InChI=1S/C31H39N7O3S/c1-21(26-13-16-32-26)37-17-14-22(15-18-37)23-9-11-27(30(19-23)41-3)34-31-33-20-24-10-12-29(38(24)35-31)25-7-5-6-8-28(25)36(2)42(4,39)40/h5-12,19-22,26,32H,13-18H2,1-4H3,(H,34,35). The van der Waals surface area contributed by atoms with Gasteiger partial charge in [0.2, 0.25) is 16.0 Å². The highest BCUT2D eigenvalue weighted by Gasteiger charge is 2.31. The number of sulfonamides is 1. The van der Waals surface area contributed by atoms with Crippen molar-refractivity contribution in [3.63, 3.8) is 0 Å². The van der Waals surface area contributed by atoms with Gasteiger partial charge in [-0.05, 0) is 87.6 Å². The van der Waals surface area contributed by atoms with Crippen molar-refractivity contribution in [1.29, 1.82) is 0 Å². The minimum atomic E-state index is -3.44. The molecule has 0 saturated carbocycles. The zero-order valence-corrected chi connectivity index (χ0v) is 25.4. The first-order valence-corrected chi connectivity index (χ1v) is 16.4. The molecule has 10 nitrogen and oxygen atoms in total. The maximum Gasteiger partial charge on any atom is 0.245 e. The van der Waals surface area contributed by atoms with Crippen LogP contribution in [0.1, 0.15) is 37.7 Å². The van der Waals surface area contributed by atoms with Crippen LogP contribution in [0.5, 0.6) is 5.75 Å². The predicted octanol–water partition coefficient (Wildman–Crippen LogP) is 4.47. The number of nitrogens with zero attached hydrogens (tertiary/aromatic N) is 5. The molecule has 0 radical (unpaired) electrons. The molecule has 2 aromatic heterocycles. The molecule has 0 amide bonds. The zero-order valence-electron chi connectivity index (χ0n) is 24.6. The molecule has 0 spiro atoms. The van der Waals surface area contributed by atoms with Crippen LogP contribution in [-0.2, 0) is 10.0 Å². The van der Waals surface area contributed by atoms with Crippen LogP contribution < -0.4 is 19.7 Å². The lowest BCUT2D eigenvalue weighted by atomic mass is 9.87. The van der Waals surface area contributed by atoms with E-state index in [1.807, 2.05) is 36.4 Å². The van der Waals surface area contributed by atoms with E-state index in [9.17, 15) is 8.42 Å². The fourth-order valence-electron chi connectivity index (χ4n) is 6.11. The Kier molecular flexibility index (Phi) is 7.82. The fraction of sp³-hybridized carbons (Fsp3) is 0.419. The first-order chi connectivity index (χ1) is 20.2. The molecule has 2 unspecified atom stereocenters. The number of para-hydroxylation sites is 1. The Balaban J connectivity index is 1.22. The number of fused-ring (bicyclic) bond motifs is 1. The van der Waals surface area contributed by atoms with Crippen LogP contribution in [0, 0.1) is 0 Å². The van der Waals surface area contributed by atoms with E-state index in [1.165, 1.54) is 22.5 Å². The van der Waals surface area contributed by atoms with E-state index in [0.717, 1.165) is 60.7 Å². The highest BCUT2D eigenvalue weighted by Crippen LogP contribution is 2.36. The fourth-order valence-corrected chi connectivity index (χ4v) is 6.63. The zero-order chi connectivity index (χ0) is 29.4. The molecule has 0 aliphatic carbocycles. The second-order valence-electron chi connectivity index (χ2n) is 11.4. The van der Waals surface area contributed by atoms with Gasteiger partial charge < -0.3 is 15.4 Å². The molecule has 0 bridgehead atoms. The quantitative estimate of drug-likeness (QED) is 0.295. The number of piperidine rings is 1. The molecule has 222 valence electrons. The molecule has 2 fully saturated rings. The van der Waals surface area contributed by atoms with Gasteiger partial charge >= 0.3 is 0 Å². The summed E-state index contributed by atoms with van der Waals surface area (Å²) in [5.74, 6) is 1.66. The summed E-state index contributed by atoms with van der Waals surface area (Å²) in [5, 5.41) is 11.7. The van der Waals surface area contributed by atoms with Crippen molar-refractivity contribution in [3.05, 3.63) is 66.4 Å². The highest BCUT2D eigenvalue weighted by atomic mass is 32.2. The summed E-state index contributed by atoms with van der Waals surface area (Å²) in [6.45, 7) is 5.72. The van der Waals surface area contributed by atoms with Crippen molar-refractivity contribution < 1.29 is 13.2 Å². The largest absolute Gasteiger partial charge is 0.495 e. The lowest BCUT2D eigenvalue weighted by Gasteiger charge is -2.43. The van der Waals surface area contributed by atoms with Gasteiger partial charge in [0.25, 0.3) is 0 Å². The van der Waals surface area contributed by atoms with Gasteiger partial charge in [-0.2, -0.15) is 0 Å². The lowest BCUT2D eigenvalue weighted by Crippen LogP contribution is -2.57. The average molecular weight is 590 g/mol. The van der Waals surface area contributed by atoms with Gasteiger partial charge in [0, 0.05) is 24.7 Å². The van der Waals surface area contributed by atoms with E-state index in [1.54, 1.807) is 30.9 Å². The molecule has 6 rings (SSSR count). The Morgan fingerprint density at radius 3 is 2.55 bits per heavy atom. The van der Waals surface area contributed by atoms with Crippen LogP contribution in [0.25, 0.3) is 16.8 Å². The molecule has 2 aromatic carbocycles. The predicted molar refractivity (Wildman–Crippen MR) is 167 cm³/mol. The van der Waals surface area contributed by atoms with Gasteiger partial charge in [0.15, 0.2) is 0 Å². The summed E-state index contributed by atoms with van der Waals surface area (Å²) in [7, 11) is -0.202. The van der Waals surface area contributed by atoms with Crippen LogP contribution in [0.2, 0.25) is 0 Å². The SMILES string of the molecule is COc1cc(C2CCN(C(C)C3CCN3)CC2)ccc1Nc1ncc2ccc(-c3ccccc3N(C)S(C)(=O)=O)n2n1. The molecular weight excluding hydrogens is 550 g/mol. The third-order valence-corrected chi connectivity index (χ3v) is 10.1. The molecule has 2 saturated heterocycles. The number of aromatic nitrogens is 3. The Morgan fingerprint density at radius 1 is 1.10 bits per heavy atom. The molecule has 2 atom stereocenters. The molecule has 4 heterocycles. The molecule has 4 aromatic rings. The third-order valence-electron chi connectivity index (χ3n) is 8.91. The van der Waals surface area contributed by atoms with E-state index in [2.05, 4.69) is 39.6 Å². The topological polar surface area (TPSA) is 104 Å². The summed E-state index contributed by atoms with van der Waals surface area (Å²) in [6, 6.07) is 18.8. The lowest BCUT2D eigenvalue weighted by molar-refractivity contribution is 0.109. The summed E-state index contributed by atoms with van der Waals surface area (Å²) in [4.78, 5) is 7.15. The molecule has 2 aliphatic heterocycles. The van der Waals surface area contributed by atoms with Crippen LogP contribution in [0.3, 0.4) is 0 Å². The van der Waals surface area contributed by atoms with Crippen LogP contribution in [0.15, 0.2) is 60.8 Å². The smallest absolute Gasteiger partial charge is 0.245 e. The molecule has 11 heteroatoms. The summed E-state index contributed by atoms with van der Waals surface area (Å²) in [5.41, 5.74) is 4.96. The second-order valence-corrected chi connectivity index (χ2v) is 13.4. The van der Waals surface area contributed by atoms with Crippen molar-refractivity contribution in [2.75, 3.05) is 49.7 Å². The van der Waals surface area contributed by atoms with Gasteiger partial charge in [-0.1, -0.05) is 24.3 Å². The van der Waals surface area contributed by atoms with Crippen LogP contribution in [-0.4, -0.2) is 80.0 Å². The van der Waals surface area contributed by atoms with E-state index in [0.29, 0.717) is 29.6 Å².